The highest BCUT2D eigenvalue weighted by atomic mass is 35.5. The van der Waals surface area contributed by atoms with Gasteiger partial charge in [-0.2, -0.15) is 5.10 Å². The number of rotatable bonds is 4. The fraction of sp³-hybridized carbons (Fsp3) is 0.0588. The van der Waals surface area contributed by atoms with E-state index < -0.39 is 0 Å². The van der Waals surface area contributed by atoms with Gasteiger partial charge in [-0.25, -0.2) is 4.39 Å². The monoisotopic (exact) mass is 394 g/mol. The van der Waals surface area contributed by atoms with Gasteiger partial charge in [0.1, 0.15) is 5.82 Å². The van der Waals surface area contributed by atoms with Crippen molar-refractivity contribution in [1.82, 2.24) is 9.78 Å². The van der Waals surface area contributed by atoms with E-state index >= 15 is 0 Å². The summed E-state index contributed by atoms with van der Waals surface area (Å²) in [5, 5.41) is 11.8. The van der Waals surface area contributed by atoms with Gasteiger partial charge in [0.2, 0.25) is 0 Å². The predicted octanol–water partition coefficient (Wildman–Crippen LogP) is 5.19. The molecule has 0 amide bonds. The van der Waals surface area contributed by atoms with Gasteiger partial charge in [-0.15, -0.1) is 0 Å². The summed E-state index contributed by atoms with van der Waals surface area (Å²) in [5.41, 5.74) is 1.63. The molecule has 1 aromatic heterocycles. The number of halogens is 3. The summed E-state index contributed by atoms with van der Waals surface area (Å²) >= 11 is 17.2. The molecule has 0 bridgehead atoms. The average Bonchev–Trinajstić information content (AvgIpc) is 2.95. The fourth-order valence-electron chi connectivity index (χ4n) is 2.20. The minimum absolute atomic E-state index is 0.260. The highest BCUT2D eigenvalue weighted by molar-refractivity contribution is 7.80. The Balaban J connectivity index is 1.60. The molecule has 0 fully saturated rings. The quantitative estimate of drug-likeness (QED) is 0.597. The molecule has 1 heterocycles. The van der Waals surface area contributed by atoms with Crippen LogP contribution in [0.5, 0.6) is 0 Å². The number of benzene rings is 2. The second-order valence-electron chi connectivity index (χ2n) is 5.26. The Morgan fingerprint density at radius 1 is 1.04 bits per heavy atom. The first kappa shape index (κ1) is 17.7. The fourth-order valence-corrected chi connectivity index (χ4v) is 2.95. The van der Waals surface area contributed by atoms with Gasteiger partial charge in [-0.3, -0.25) is 4.68 Å². The SMILES string of the molecule is Fc1ccc(Cn2ccc(NC(=S)Nc3cc(Cl)cc(Cl)c3)n2)cc1. The molecule has 0 saturated carbocycles. The Morgan fingerprint density at radius 2 is 1.72 bits per heavy atom. The average molecular weight is 395 g/mol. The van der Waals surface area contributed by atoms with Gasteiger partial charge in [0.05, 0.1) is 6.54 Å². The molecule has 25 heavy (non-hydrogen) atoms. The molecule has 3 rings (SSSR count). The standard InChI is InChI=1S/C17H13Cl2FN4S/c18-12-7-13(19)9-15(8-12)21-17(25)22-16-5-6-24(23-16)10-11-1-3-14(20)4-2-11/h1-9H,10H2,(H2,21,22,23,25). The van der Waals surface area contributed by atoms with Gasteiger partial charge in [0.25, 0.3) is 0 Å². The maximum absolute atomic E-state index is 12.9. The summed E-state index contributed by atoms with van der Waals surface area (Å²) in [6.07, 6.45) is 1.81. The number of hydrogen-bond donors (Lipinski definition) is 2. The summed E-state index contributed by atoms with van der Waals surface area (Å²) in [6.45, 7) is 0.534. The smallest absolute Gasteiger partial charge is 0.176 e. The van der Waals surface area contributed by atoms with Crippen LogP contribution >= 0.6 is 35.4 Å². The zero-order valence-electron chi connectivity index (χ0n) is 12.8. The van der Waals surface area contributed by atoms with Crippen molar-refractivity contribution < 1.29 is 4.39 Å². The zero-order valence-corrected chi connectivity index (χ0v) is 15.2. The van der Waals surface area contributed by atoms with Gasteiger partial charge in [-0.1, -0.05) is 35.3 Å². The lowest BCUT2D eigenvalue weighted by atomic mass is 10.2. The van der Waals surface area contributed by atoms with Crippen LogP contribution in [0.4, 0.5) is 15.9 Å². The van der Waals surface area contributed by atoms with Gasteiger partial charge >= 0.3 is 0 Å². The van der Waals surface area contributed by atoms with Crippen LogP contribution in [0.25, 0.3) is 0 Å². The van der Waals surface area contributed by atoms with E-state index in [0.717, 1.165) is 5.56 Å². The van der Waals surface area contributed by atoms with Crippen molar-refractivity contribution in [2.75, 3.05) is 10.6 Å². The van der Waals surface area contributed by atoms with Crippen molar-refractivity contribution in [3.05, 3.63) is 76.2 Å². The van der Waals surface area contributed by atoms with Gasteiger partial charge < -0.3 is 10.6 Å². The molecule has 4 nitrogen and oxygen atoms in total. The third-order valence-corrected chi connectivity index (χ3v) is 3.90. The third-order valence-electron chi connectivity index (χ3n) is 3.26. The van der Waals surface area contributed by atoms with Crippen molar-refractivity contribution in [3.63, 3.8) is 0 Å². The molecule has 0 aliphatic heterocycles. The molecule has 2 N–H and O–H groups in total. The Kier molecular flexibility index (Phi) is 5.53. The van der Waals surface area contributed by atoms with Crippen molar-refractivity contribution >= 4 is 52.0 Å². The number of aromatic nitrogens is 2. The highest BCUT2D eigenvalue weighted by Crippen LogP contribution is 2.22. The molecule has 128 valence electrons. The number of nitrogens with zero attached hydrogens (tertiary/aromatic N) is 2. The van der Waals surface area contributed by atoms with E-state index in [1.165, 1.54) is 12.1 Å². The molecule has 8 heteroatoms. The largest absolute Gasteiger partial charge is 0.332 e. The summed E-state index contributed by atoms with van der Waals surface area (Å²) in [4.78, 5) is 0. The summed E-state index contributed by atoms with van der Waals surface area (Å²) in [5.74, 6) is 0.330. The maximum atomic E-state index is 12.9. The lowest BCUT2D eigenvalue weighted by Gasteiger charge is -2.09. The minimum atomic E-state index is -0.260. The van der Waals surface area contributed by atoms with Crippen LogP contribution in [0, 0.1) is 5.82 Å². The van der Waals surface area contributed by atoms with E-state index in [9.17, 15) is 4.39 Å². The van der Waals surface area contributed by atoms with Crippen LogP contribution in [0.1, 0.15) is 5.56 Å². The lowest BCUT2D eigenvalue weighted by Crippen LogP contribution is -2.19. The van der Waals surface area contributed by atoms with Gasteiger partial charge in [-0.05, 0) is 48.1 Å². The molecule has 0 saturated heterocycles. The van der Waals surface area contributed by atoms with Crippen LogP contribution in [0.2, 0.25) is 10.0 Å². The summed E-state index contributed by atoms with van der Waals surface area (Å²) < 4.78 is 14.7. The van der Waals surface area contributed by atoms with Crippen LogP contribution < -0.4 is 10.6 Å². The molecular weight excluding hydrogens is 382 g/mol. The number of thiocarbonyl (C=S) groups is 1. The van der Waals surface area contributed by atoms with E-state index in [-0.39, 0.29) is 5.82 Å². The zero-order chi connectivity index (χ0) is 17.8. The van der Waals surface area contributed by atoms with Crippen molar-refractivity contribution in [1.29, 1.82) is 0 Å². The van der Waals surface area contributed by atoms with E-state index in [4.69, 9.17) is 35.4 Å². The molecule has 3 aromatic rings. The Labute approximate surface area is 159 Å². The molecule has 0 aliphatic rings. The minimum Gasteiger partial charge on any atom is -0.332 e. The molecular formula is C17H13Cl2FN4S. The predicted molar refractivity (Wildman–Crippen MR) is 104 cm³/mol. The van der Waals surface area contributed by atoms with Gasteiger partial charge in [0.15, 0.2) is 10.9 Å². The molecule has 2 aromatic carbocycles. The van der Waals surface area contributed by atoms with E-state index in [2.05, 4.69) is 15.7 Å². The molecule has 0 radical (unpaired) electrons. The first-order valence-corrected chi connectivity index (χ1v) is 8.46. The first-order chi connectivity index (χ1) is 12.0. The van der Waals surface area contributed by atoms with Crippen LogP contribution in [-0.4, -0.2) is 14.9 Å². The Morgan fingerprint density at radius 3 is 2.40 bits per heavy atom. The number of hydrogen-bond acceptors (Lipinski definition) is 2. The molecule has 0 aliphatic carbocycles. The first-order valence-electron chi connectivity index (χ1n) is 7.30. The Bertz CT molecular complexity index is 876. The molecule has 0 unspecified atom stereocenters. The summed E-state index contributed by atoms with van der Waals surface area (Å²) in [6, 6.07) is 13.2. The number of anilines is 2. The molecule has 0 spiro atoms. The second-order valence-corrected chi connectivity index (χ2v) is 6.54. The van der Waals surface area contributed by atoms with Crippen molar-refractivity contribution in [2.45, 2.75) is 6.54 Å². The topological polar surface area (TPSA) is 41.9 Å². The van der Waals surface area contributed by atoms with Crippen LogP contribution in [0.3, 0.4) is 0 Å². The summed E-state index contributed by atoms with van der Waals surface area (Å²) in [7, 11) is 0. The van der Waals surface area contributed by atoms with E-state index in [0.29, 0.717) is 33.2 Å². The molecule has 0 atom stereocenters. The van der Waals surface area contributed by atoms with Gasteiger partial charge in [0, 0.05) is 28.0 Å². The van der Waals surface area contributed by atoms with Crippen LogP contribution in [-0.2, 0) is 6.54 Å². The van der Waals surface area contributed by atoms with Crippen molar-refractivity contribution in [2.24, 2.45) is 0 Å². The highest BCUT2D eigenvalue weighted by Gasteiger charge is 2.05. The van der Waals surface area contributed by atoms with Crippen LogP contribution in [0.15, 0.2) is 54.7 Å². The normalized spacial score (nSPS) is 10.5. The number of nitrogens with one attached hydrogen (secondary N) is 2. The van der Waals surface area contributed by atoms with E-state index in [1.54, 1.807) is 41.1 Å². The third kappa shape index (κ3) is 5.16. The lowest BCUT2D eigenvalue weighted by molar-refractivity contribution is 0.624. The van der Waals surface area contributed by atoms with Crippen molar-refractivity contribution in [3.8, 4) is 0 Å². The maximum Gasteiger partial charge on any atom is 0.176 e. The van der Waals surface area contributed by atoms with E-state index in [1.807, 2.05) is 6.20 Å². The second kappa shape index (κ2) is 7.82. The Hall–Kier alpha value is -2.15.